The zero-order chi connectivity index (χ0) is 12.3. The van der Waals surface area contributed by atoms with Crippen molar-refractivity contribution < 1.29 is 10.3 Å². The van der Waals surface area contributed by atoms with Crippen LogP contribution in [-0.2, 0) is 7.05 Å². The number of nitrogens with two attached hydrogens (primary N) is 1. The third kappa shape index (κ3) is 2.08. The molecule has 1 aromatic rings. The Kier molecular flexibility index (Phi) is 3.73. The highest BCUT2D eigenvalue weighted by Gasteiger charge is 2.19. The van der Waals surface area contributed by atoms with Crippen LogP contribution in [0.25, 0.3) is 0 Å². The smallest absolute Gasteiger partial charge is 0.175 e. The molecular weight excluding hydrogens is 210 g/mol. The summed E-state index contributed by atoms with van der Waals surface area (Å²) in [6, 6.07) is 0. The number of aromatic nitrogens is 2. The Bertz CT molecular complexity index is 399. The van der Waals surface area contributed by atoms with Gasteiger partial charge in [-0.25, -0.2) is 0 Å². The summed E-state index contributed by atoms with van der Waals surface area (Å²) in [4.78, 5) is 1.80. The van der Waals surface area contributed by atoms with Crippen LogP contribution in [0.15, 0.2) is 5.16 Å². The maximum atomic E-state index is 8.90. The zero-order valence-electron chi connectivity index (χ0n) is 9.67. The van der Waals surface area contributed by atoms with Gasteiger partial charge in [-0.15, -0.1) is 0 Å². The van der Waals surface area contributed by atoms with Crippen molar-refractivity contribution in [2.24, 2.45) is 17.9 Å². The number of likely N-dealkylation sites (N-methyl/N-ethyl adjacent to an activating group) is 1. The van der Waals surface area contributed by atoms with Gasteiger partial charge < -0.3 is 20.9 Å². The fourth-order valence-corrected chi connectivity index (χ4v) is 1.69. The molecule has 0 saturated heterocycles. The minimum Gasteiger partial charge on any atom is -0.409 e. The van der Waals surface area contributed by atoms with Gasteiger partial charge in [0.15, 0.2) is 5.84 Å². The molecule has 7 heteroatoms. The van der Waals surface area contributed by atoms with Gasteiger partial charge in [0.2, 0.25) is 0 Å². The Morgan fingerprint density at radius 1 is 1.62 bits per heavy atom. The fourth-order valence-electron chi connectivity index (χ4n) is 1.69. The van der Waals surface area contributed by atoms with Gasteiger partial charge in [0.25, 0.3) is 0 Å². The maximum Gasteiger partial charge on any atom is 0.175 e. The monoisotopic (exact) mass is 227 g/mol. The van der Waals surface area contributed by atoms with Crippen molar-refractivity contribution in [3.63, 3.8) is 0 Å². The van der Waals surface area contributed by atoms with E-state index in [1.165, 1.54) is 0 Å². The number of oxime groups is 1. The second-order valence-electron chi connectivity index (χ2n) is 3.54. The lowest BCUT2D eigenvalue weighted by molar-refractivity contribution is 0.303. The van der Waals surface area contributed by atoms with Crippen molar-refractivity contribution in [2.75, 3.05) is 25.1 Å². The average molecular weight is 227 g/mol. The van der Waals surface area contributed by atoms with Gasteiger partial charge in [0, 0.05) is 20.6 Å². The minimum atomic E-state index is 0.0189. The highest BCUT2D eigenvalue weighted by molar-refractivity contribution is 6.02. The number of aliphatic hydroxyl groups is 1. The molecule has 90 valence electrons. The van der Waals surface area contributed by atoms with Gasteiger partial charge in [0.1, 0.15) is 5.82 Å². The number of hydrogen-bond donors (Lipinski definition) is 3. The second kappa shape index (κ2) is 4.84. The Morgan fingerprint density at radius 2 is 2.25 bits per heavy atom. The third-order valence-electron chi connectivity index (χ3n) is 2.35. The van der Waals surface area contributed by atoms with Crippen LogP contribution in [0, 0.1) is 6.92 Å². The molecular formula is C9H17N5O2. The van der Waals surface area contributed by atoms with Crippen LogP contribution in [0.1, 0.15) is 11.3 Å². The van der Waals surface area contributed by atoms with E-state index in [-0.39, 0.29) is 12.4 Å². The molecule has 0 amide bonds. The van der Waals surface area contributed by atoms with E-state index in [4.69, 9.17) is 16.0 Å². The molecule has 0 bridgehead atoms. The Hall–Kier alpha value is -1.76. The number of nitrogens with zero attached hydrogens (tertiary/aromatic N) is 4. The predicted octanol–water partition coefficient (Wildman–Crippen LogP) is -0.748. The van der Waals surface area contributed by atoms with Crippen molar-refractivity contribution in [1.29, 1.82) is 0 Å². The average Bonchev–Trinajstić information content (AvgIpc) is 2.53. The molecule has 0 atom stereocenters. The van der Waals surface area contributed by atoms with E-state index in [1.807, 2.05) is 0 Å². The zero-order valence-corrected chi connectivity index (χ0v) is 9.67. The Balaban J connectivity index is 3.26. The van der Waals surface area contributed by atoms with Crippen LogP contribution >= 0.6 is 0 Å². The highest BCUT2D eigenvalue weighted by Crippen LogP contribution is 2.21. The normalized spacial score (nSPS) is 11.9. The van der Waals surface area contributed by atoms with Crippen molar-refractivity contribution in [2.45, 2.75) is 6.92 Å². The molecule has 0 aromatic carbocycles. The van der Waals surface area contributed by atoms with Crippen LogP contribution in [0.3, 0.4) is 0 Å². The first-order valence-corrected chi connectivity index (χ1v) is 4.86. The standard InChI is InChI=1S/C9H17N5O2/c1-6-7(8(10)12-16)9(14(3)11-6)13(2)4-5-15/h15-16H,4-5H2,1-3H3,(H2,10,12). The summed E-state index contributed by atoms with van der Waals surface area (Å²) in [7, 11) is 3.57. The molecule has 1 rings (SSSR count). The van der Waals surface area contributed by atoms with Gasteiger partial charge in [-0.3, -0.25) is 4.68 Å². The summed E-state index contributed by atoms with van der Waals surface area (Å²) in [5.74, 6) is 0.729. The first-order valence-electron chi connectivity index (χ1n) is 4.86. The van der Waals surface area contributed by atoms with Crippen LogP contribution in [0.5, 0.6) is 0 Å². The molecule has 1 aromatic heterocycles. The Morgan fingerprint density at radius 3 is 2.75 bits per heavy atom. The number of aryl methyl sites for hydroxylation is 2. The van der Waals surface area contributed by atoms with Gasteiger partial charge in [-0.05, 0) is 6.92 Å². The SMILES string of the molecule is Cc1nn(C)c(N(C)CCO)c1C(N)=NO. The van der Waals surface area contributed by atoms with Crippen LogP contribution in [0.4, 0.5) is 5.82 Å². The van der Waals surface area contributed by atoms with Crippen molar-refractivity contribution in [3.8, 4) is 0 Å². The molecule has 7 nitrogen and oxygen atoms in total. The molecule has 0 spiro atoms. The largest absolute Gasteiger partial charge is 0.409 e. The van der Waals surface area contributed by atoms with E-state index in [1.54, 1.807) is 30.6 Å². The summed E-state index contributed by atoms with van der Waals surface area (Å²) in [5.41, 5.74) is 6.86. The molecule has 0 saturated carbocycles. The van der Waals surface area contributed by atoms with Crippen LogP contribution < -0.4 is 10.6 Å². The van der Waals surface area contributed by atoms with Crippen molar-refractivity contribution in [3.05, 3.63) is 11.3 Å². The molecule has 0 radical (unpaired) electrons. The third-order valence-corrected chi connectivity index (χ3v) is 2.35. The van der Waals surface area contributed by atoms with E-state index in [0.717, 1.165) is 0 Å². The molecule has 0 aliphatic heterocycles. The quantitative estimate of drug-likeness (QED) is 0.272. The van der Waals surface area contributed by atoms with E-state index >= 15 is 0 Å². The van der Waals surface area contributed by atoms with Crippen molar-refractivity contribution in [1.82, 2.24) is 9.78 Å². The number of anilines is 1. The topological polar surface area (TPSA) is 99.9 Å². The molecule has 16 heavy (non-hydrogen) atoms. The number of hydrogen-bond acceptors (Lipinski definition) is 5. The van der Waals surface area contributed by atoms with Gasteiger partial charge in [-0.2, -0.15) is 5.10 Å². The maximum absolute atomic E-state index is 8.90. The van der Waals surface area contributed by atoms with Gasteiger partial charge in [0.05, 0.1) is 17.9 Å². The van der Waals surface area contributed by atoms with Gasteiger partial charge in [-0.1, -0.05) is 5.16 Å². The molecule has 0 unspecified atom stereocenters. The first kappa shape index (κ1) is 12.3. The molecule has 0 fully saturated rings. The molecule has 4 N–H and O–H groups in total. The summed E-state index contributed by atoms with van der Waals surface area (Å²) < 4.78 is 1.64. The molecule has 1 heterocycles. The predicted molar refractivity (Wildman–Crippen MR) is 60.8 cm³/mol. The van der Waals surface area contributed by atoms with Crippen LogP contribution in [0.2, 0.25) is 0 Å². The van der Waals surface area contributed by atoms with Gasteiger partial charge >= 0.3 is 0 Å². The van der Waals surface area contributed by atoms with E-state index in [0.29, 0.717) is 23.6 Å². The Labute approximate surface area is 93.8 Å². The number of amidine groups is 1. The summed E-state index contributed by atoms with van der Waals surface area (Å²) in [6.07, 6.45) is 0. The lowest BCUT2D eigenvalue weighted by Gasteiger charge is -2.19. The lowest BCUT2D eigenvalue weighted by Crippen LogP contribution is -2.27. The molecule has 0 aliphatic carbocycles. The summed E-state index contributed by atoms with van der Waals surface area (Å²) in [5, 5.41) is 24.8. The van der Waals surface area contributed by atoms with Crippen molar-refractivity contribution >= 4 is 11.7 Å². The van der Waals surface area contributed by atoms with E-state index < -0.39 is 0 Å². The summed E-state index contributed by atoms with van der Waals surface area (Å²) in [6.45, 7) is 2.25. The van der Waals surface area contributed by atoms with Crippen LogP contribution in [-0.4, -0.2) is 46.1 Å². The first-order chi connectivity index (χ1) is 7.52. The fraction of sp³-hybridized carbons (Fsp3) is 0.556. The number of aliphatic hydroxyl groups excluding tert-OH is 1. The van der Waals surface area contributed by atoms with E-state index in [2.05, 4.69) is 10.3 Å². The lowest BCUT2D eigenvalue weighted by atomic mass is 10.2. The second-order valence-corrected chi connectivity index (χ2v) is 3.54. The number of rotatable bonds is 4. The van der Waals surface area contributed by atoms with E-state index in [9.17, 15) is 0 Å². The minimum absolute atomic E-state index is 0.0189. The highest BCUT2D eigenvalue weighted by atomic mass is 16.4. The summed E-state index contributed by atoms with van der Waals surface area (Å²) >= 11 is 0. The molecule has 0 aliphatic rings.